The van der Waals surface area contributed by atoms with Crippen molar-refractivity contribution in [3.8, 4) is 5.75 Å². The molecule has 3 aromatic rings. The number of carbonyl (C=O) groups excluding carboxylic acids is 3. The molecule has 168 valence electrons. The molecule has 7 nitrogen and oxygen atoms in total. The minimum atomic E-state index is -1.09. The molecule has 0 atom stereocenters. The van der Waals surface area contributed by atoms with Gasteiger partial charge < -0.3 is 10.1 Å². The zero-order chi connectivity index (χ0) is 24.0. The summed E-state index contributed by atoms with van der Waals surface area (Å²) in [5, 5.41) is 6.09. The van der Waals surface area contributed by atoms with Gasteiger partial charge in [-0.15, -0.1) is 0 Å². The fraction of sp³-hybridized carbons (Fsp3) is 0.0833. The fourth-order valence-corrected chi connectivity index (χ4v) is 3.16. The molecule has 2 N–H and O–H groups in total. The fourth-order valence-electron chi connectivity index (χ4n) is 2.83. The van der Waals surface area contributed by atoms with Gasteiger partial charge in [0.05, 0.1) is 17.0 Å². The second kappa shape index (κ2) is 10.6. The third kappa shape index (κ3) is 6.11. The van der Waals surface area contributed by atoms with Gasteiger partial charge in [-0.25, -0.2) is 14.6 Å². The Morgan fingerprint density at radius 1 is 0.939 bits per heavy atom. The van der Waals surface area contributed by atoms with Crippen LogP contribution in [0.25, 0.3) is 0 Å². The summed E-state index contributed by atoms with van der Waals surface area (Å²) >= 11 is 3.11. The molecule has 0 fully saturated rings. The summed E-state index contributed by atoms with van der Waals surface area (Å²) in [5.74, 6) is -3.18. The monoisotopic (exact) mass is 511 g/mol. The number of nitrogens with one attached hydrogen (secondary N) is 2. The maximum absolute atomic E-state index is 13.9. The molecule has 0 radical (unpaired) electrons. The number of rotatable bonds is 5. The molecule has 2 amide bonds. The van der Waals surface area contributed by atoms with Gasteiger partial charge in [-0.3, -0.25) is 9.59 Å². The lowest BCUT2D eigenvalue weighted by molar-refractivity contribution is -0.136. The highest BCUT2D eigenvalue weighted by atomic mass is 79.9. The van der Waals surface area contributed by atoms with E-state index in [2.05, 4.69) is 31.8 Å². The summed E-state index contributed by atoms with van der Waals surface area (Å²) in [5.41, 5.74) is 3.90. The van der Waals surface area contributed by atoms with Crippen LogP contribution in [0.1, 0.15) is 28.4 Å². The first-order chi connectivity index (χ1) is 15.8. The van der Waals surface area contributed by atoms with Gasteiger partial charge in [0.25, 0.3) is 0 Å². The number of nitrogens with zero attached hydrogens (tertiary/aromatic N) is 1. The molecule has 0 saturated carbocycles. The Morgan fingerprint density at radius 3 is 2.30 bits per heavy atom. The molecule has 9 heteroatoms. The van der Waals surface area contributed by atoms with Gasteiger partial charge in [-0.05, 0) is 55.8 Å². The summed E-state index contributed by atoms with van der Waals surface area (Å²) in [6.07, 6.45) is 0. The predicted molar refractivity (Wildman–Crippen MR) is 126 cm³/mol. The number of halogens is 2. The third-order valence-electron chi connectivity index (χ3n) is 4.56. The van der Waals surface area contributed by atoms with Gasteiger partial charge in [0, 0.05) is 10.0 Å². The van der Waals surface area contributed by atoms with Crippen LogP contribution in [0.3, 0.4) is 0 Å². The first-order valence-electron chi connectivity index (χ1n) is 9.74. The Bertz CT molecular complexity index is 1260. The molecule has 0 bridgehead atoms. The van der Waals surface area contributed by atoms with Crippen LogP contribution in [0, 0.1) is 12.7 Å². The van der Waals surface area contributed by atoms with Crippen molar-refractivity contribution >= 4 is 45.1 Å². The minimum Gasteiger partial charge on any atom is -0.422 e. The number of anilines is 1. The van der Waals surface area contributed by atoms with E-state index in [1.54, 1.807) is 56.3 Å². The normalized spacial score (nSPS) is 11.0. The molecule has 0 aliphatic heterocycles. The van der Waals surface area contributed by atoms with Gasteiger partial charge in [-0.1, -0.05) is 46.3 Å². The van der Waals surface area contributed by atoms with Crippen molar-refractivity contribution in [1.29, 1.82) is 0 Å². The highest BCUT2D eigenvalue weighted by molar-refractivity contribution is 9.10. The summed E-state index contributed by atoms with van der Waals surface area (Å²) < 4.78 is 19.9. The molecule has 3 rings (SSSR count). The lowest BCUT2D eigenvalue weighted by Gasteiger charge is -2.11. The second-order valence-corrected chi connectivity index (χ2v) is 7.83. The molecule has 0 aliphatic rings. The van der Waals surface area contributed by atoms with Crippen molar-refractivity contribution in [2.45, 2.75) is 13.8 Å². The number of esters is 1. The number of aryl methyl sites for hydroxylation is 1. The number of ether oxygens (including phenoxy) is 1. The highest BCUT2D eigenvalue weighted by Gasteiger charge is 2.17. The Balaban J connectivity index is 1.70. The minimum absolute atomic E-state index is 0.146. The lowest BCUT2D eigenvalue weighted by atomic mass is 10.1. The molecular formula is C24H19BrFN3O4. The van der Waals surface area contributed by atoms with E-state index in [9.17, 15) is 18.8 Å². The molecule has 3 aromatic carbocycles. The van der Waals surface area contributed by atoms with Crippen LogP contribution < -0.4 is 15.5 Å². The van der Waals surface area contributed by atoms with E-state index < -0.39 is 23.6 Å². The first kappa shape index (κ1) is 23.8. The van der Waals surface area contributed by atoms with Crippen molar-refractivity contribution in [3.63, 3.8) is 0 Å². The predicted octanol–water partition coefficient (Wildman–Crippen LogP) is 4.59. The van der Waals surface area contributed by atoms with Crippen molar-refractivity contribution in [2.24, 2.45) is 5.10 Å². The van der Waals surface area contributed by atoms with Crippen LogP contribution >= 0.6 is 15.9 Å². The first-order valence-corrected chi connectivity index (χ1v) is 10.5. The quantitative estimate of drug-likeness (QED) is 0.172. The van der Waals surface area contributed by atoms with Gasteiger partial charge in [0.15, 0.2) is 0 Å². The standard InChI is InChI=1S/C24H19BrFN3O4/c1-14-7-3-4-8-17(14)24(32)33-21-10-6-5-9-18(21)15(2)28-29-23(31)22(30)27-20-12-11-16(25)13-19(20)26/h3-13H,1-2H3,(H,27,30)(H,29,31)/b28-15+. The summed E-state index contributed by atoms with van der Waals surface area (Å²) in [4.78, 5) is 36.7. The number of benzene rings is 3. The molecule has 0 heterocycles. The van der Waals surface area contributed by atoms with Crippen LogP contribution in [0.5, 0.6) is 5.75 Å². The number of hydrogen-bond donors (Lipinski definition) is 2. The summed E-state index contributed by atoms with van der Waals surface area (Å²) in [7, 11) is 0. The number of amides is 2. The van der Waals surface area contributed by atoms with Crippen LogP contribution in [-0.2, 0) is 9.59 Å². The molecule has 33 heavy (non-hydrogen) atoms. The van der Waals surface area contributed by atoms with Crippen molar-refractivity contribution < 1.29 is 23.5 Å². The van der Waals surface area contributed by atoms with Crippen LogP contribution in [0.15, 0.2) is 76.3 Å². The highest BCUT2D eigenvalue weighted by Crippen LogP contribution is 2.21. The van der Waals surface area contributed by atoms with Crippen molar-refractivity contribution in [2.75, 3.05) is 5.32 Å². The third-order valence-corrected chi connectivity index (χ3v) is 5.05. The topological polar surface area (TPSA) is 96.9 Å². The van der Waals surface area contributed by atoms with Crippen molar-refractivity contribution in [1.82, 2.24) is 5.43 Å². The van der Waals surface area contributed by atoms with Crippen molar-refractivity contribution in [3.05, 3.63) is 93.7 Å². The maximum atomic E-state index is 13.9. The summed E-state index contributed by atoms with van der Waals surface area (Å²) in [6, 6.07) is 17.7. The Labute approximate surface area is 197 Å². The lowest BCUT2D eigenvalue weighted by Crippen LogP contribution is -2.33. The number of hydrogen-bond acceptors (Lipinski definition) is 5. The van der Waals surface area contributed by atoms with E-state index in [1.807, 2.05) is 6.07 Å². The molecule has 0 saturated heterocycles. The van der Waals surface area contributed by atoms with Crippen LogP contribution in [0.2, 0.25) is 0 Å². The van der Waals surface area contributed by atoms with E-state index in [4.69, 9.17) is 4.74 Å². The summed E-state index contributed by atoms with van der Waals surface area (Å²) in [6.45, 7) is 3.38. The van der Waals surface area contributed by atoms with E-state index in [-0.39, 0.29) is 11.4 Å². The van der Waals surface area contributed by atoms with Gasteiger partial charge in [0.1, 0.15) is 11.6 Å². The number of para-hydroxylation sites is 1. The van der Waals surface area contributed by atoms with E-state index in [0.717, 1.165) is 11.6 Å². The molecule has 0 aromatic heterocycles. The molecule has 0 spiro atoms. The zero-order valence-corrected chi connectivity index (χ0v) is 19.3. The van der Waals surface area contributed by atoms with Gasteiger partial charge in [0.2, 0.25) is 0 Å². The molecule has 0 unspecified atom stereocenters. The number of hydrazone groups is 1. The Hall–Kier alpha value is -3.85. The Kier molecular flexibility index (Phi) is 7.68. The zero-order valence-electron chi connectivity index (χ0n) is 17.7. The largest absolute Gasteiger partial charge is 0.422 e. The van der Waals surface area contributed by atoms with Crippen LogP contribution in [0.4, 0.5) is 10.1 Å². The Morgan fingerprint density at radius 2 is 1.61 bits per heavy atom. The average molecular weight is 512 g/mol. The van der Waals surface area contributed by atoms with E-state index in [1.165, 1.54) is 12.1 Å². The second-order valence-electron chi connectivity index (χ2n) is 6.92. The van der Waals surface area contributed by atoms with Crippen LogP contribution in [-0.4, -0.2) is 23.5 Å². The van der Waals surface area contributed by atoms with E-state index in [0.29, 0.717) is 21.3 Å². The van der Waals surface area contributed by atoms with Gasteiger partial charge >= 0.3 is 17.8 Å². The molecular weight excluding hydrogens is 493 g/mol. The van der Waals surface area contributed by atoms with Gasteiger partial charge in [-0.2, -0.15) is 5.10 Å². The average Bonchev–Trinajstić information content (AvgIpc) is 2.79. The molecule has 0 aliphatic carbocycles. The SMILES string of the molecule is C/C(=N\NC(=O)C(=O)Nc1ccc(Br)cc1F)c1ccccc1OC(=O)c1ccccc1C. The smallest absolute Gasteiger partial charge is 0.343 e. The van der Waals surface area contributed by atoms with E-state index >= 15 is 0 Å². The number of carbonyl (C=O) groups is 3. The maximum Gasteiger partial charge on any atom is 0.343 e.